The van der Waals surface area contributed by atoms with Crippen molar-refractivity contribution in [1.29, 1.82) is 0 Å². The van der Waals surface area contributed by atoms with Crippen LogP contribution in [-0.2, 0) is 0 Å². The highest BCUT2D eigenvalue weighted by atomic mass is 127. The van der Waals surface area contributed by atoms with E-state index < -0.39 is 0 Å². The van der Waals surface area contributed by atoms with Gasteiger partial charge in [-0.15, -0.1) is 0 Å². The summed E-state index contributed by atoms with van der Waals surface area (Å²) in [5.74, 6) is 0.626. The smallest absolute Gasteiger partial charge is 0.0408 e. The van der Waals surface area contributed by atoms with E-state index in [1.807, 2.05) is 12.1 Å². The molecular formula is C10H12ClI. The molecule has 0 saturated carbocycles. The minimum Gasteiger partial charge on any atom is -0.0864 e. The highest BCUT2D eigenvalue weighted by Gasteiger charge is 2.03. The Morgan fingerprint density at radius 2 is 2.25 bits per heavy atom. The Balaban J connectivity index is 2.73. The van der Waals surface area contributed by atoms with Crippen LogP contribution < -0.4 is 0 Å². The number of benzene rings is 1. The molecule has 1 rings (SSSR count). The Bertz CT molecular complexity index is 247. The summed E-state index contributed by atoms with van der Waals surface area (Å²) >= 11 is 8.29. The SMILES string of the molecule is CC(CCI)c1cccc(Cl)c1. The lowest BCUT2D eigenvalue weighted by molar-refractivity contribution is 0.747. The molecule has 0 aromatic heterocycles. The topological polar surface area (TPSA) is 0 Å². The molecule has 12 heavy (non-hydrogen) atoms. The van der Waals surface area contributed by atoms with Gasteiger partial charge in [0.25, 0.3) is 0 Å². The fourth-order valence-corrected chi connectivity index (χ4v) is 2.28. The van der Waals surface area contributed by atoms with Crippen molar-refractivity contribution >= 4 is 34.2 Å². The maximum Gasteiger partial charge on any atom is 0.0408 e. The van der Waals surface area contributed by atoms with Gasteiger partial charge in [0, 0.05) is 9.45 Å². The Morgan fingerprint density at radius 1 is 1.50 bits per heavy atom. The second-order valence-electron chi connectivity index (χ2n) is 2.93. The van der Waals surface area contributed by atoms with Crippen LogP contribution in [0.4, 0.5) is 0 Å². The zero-order valence-electron chi connectivity index (χ0n) is 7.06. The largest absolute Gasteiger partial charge is 0.0864 e. The van der Waals surface area contributed by atoms with Gasteiger partial charge < -0.3 is 0 Å². The fourth-order valence-electron chi connectivity index (χ4n) is 1.14. The molecule has 0 N–H and O–H groups in total. The van der Waals surface area contributed by atoms with Crippen molar-refractivity contribution in [3.63, 3.8) is 0 Å². The monoisotopic (exact) mass is 294 g/mol. The molecule has 1 aromatic rings. The molecule has 1 aromatic carbocycles. The third-order valence-electron chi connectivity index (χ3n) is 1.96. The molecule has 1 atom stereocenters. The summed E-state index contributed by atoms with van der Waals surface area (Å²) in [6.45, 7) is 2.24. The van der Waals surface area contributed by atoms with Crippen LogP contribution in [0.15, 0.2) is 24.3 Å². The van der Waals surface area contributed by atoms with Gasteiger partial charge in [-0.2, -0.15) is 0 Å². The van der Waals surface area contributed by atoms with Crippen molar-refractivity contribution in [2.45, 2.75) is 19.3 Å². The molecule has 0 amide bonds. The normalized spacial score (nSPS) is 12.9. The van der Waals surface area contributed by atoms with E-state index in [0.29, 0.717) is 5.92 Å². The van der Waals surface area contributed by atoms with Crippen LogP contribution in [0.25, 0.3) is 0 Å². The lowest BCUT2D eigenvalue weighted by Crippen LogP contribution is -1.93. The van der Waals surface area contributed by atoms with Crippen molar-refractivity contribution in [3.8, 4) is 0 Å². The van der Waals surface area contributed by atoms with E-state index in [4.69, 9.17) is 11.6 Å². The first-order chi connectivity index (χ1) is 5.74. The minimum atomic E-state index is 0.626. The highest BCUT2D eigenvalue weighted by Crippen LogP contribution is 2.22. The summed E-state index contributed by atoms with van der Waals surface area (Å²) in [5.41, 5.74) is 1.35. The van der Waals surface area contributed by atoms with Crippen LogP contribution in [-0.4, -0.2) is 4.43 Å². The summed E-state index contributed by atoms with van der Waals surface area (Å²) in [7, 11) is 0. The third kappa shape index (κ3) is 2.94. The average molecular weight is 295 g/mol. The standard InChI is InChI=1S/C10H12ClI/c1-8(5-6-12)9-3-2-4-10(11)7-9/h2-4,7-8H,5-6H2,1H3. The Hall–Kier alpha value is 0.240. The van der Waals surface area contributed by atoms with E-state index in [2.05, 4.69) is 41.6 Å². The second kappa shape index (κ2) is 5.07. The molecule has 0 heterocycles. The molecule has 2 heteroatoms. The molecule has 0 aliphatic heterocycles. The van der Waals surface area contributed by atoms with Crippen LogP contribution in [0.1, 0.15) is 24.8 Å². The lowest BCUT2D eigenvalue weighted by Gasteiger charge is -2.09. The summed E-state index contributed by atoms with van der Waals surface area (Å²) in [6, 6.07) is 8.13. The van der Waals surface area contributed by atoms with Gasteiger partial charge in [-0.25, -0.2) is 0 Å². The molecule has 0 saturated heterocycles. The average Bonchev–Trinajstić information content (AvgIpc) is 2.05. The molecule has 0 aliphatic rings. The fraction of sp³-hybridized carbons (Fsp3) is 0.400. The van der Waals surface area contributed by atoms with Crippen LogP contribution in [0.3, 0.4) is 0 Å². The zero-order valence-corrected chi connectivity index (χ0v) is 9.97. The molecule has 0 aliphatic carbocycles. The van der Waals surface area contributed by atoms with Crippen molar-refractivity contribution in [1.82, 2.24) is 0 Å². The lowest BCUT2D eigenvalue weighted by atomic mass is 9.99. The number of hydrogen-bond acceptors (Lipinski definition) is 0. The molecule has 0 spiro atoms. The molecule has 0 bridgehead atoms. The van der Waals surface area contributed by atoms with E-state index in [9.17, 15) is 0 Å². The van der Waals surface area contributed by atoms with E-state index in [1.165, 1.54) is 16.4 Å². The maximum absolute atomic E-state index is 5.89. The first-order valence-electron chi connectivity index (χ1n) is 4.05. The van der Waals surface area contributed by atoms with Gasteiger partial charge in [-0.1, -0.05) is 53.2 Å². The molecule has 1 unspecified atom stereocenters. The predicted molar refractivity (Wildman–Crippen MR) is 63.4 cm³/mol. The first-order valence-corrected chi connectivity index (χ1v) is 5.96. The van der Waals surface area contributed by atoms with E-state index in [1.54, 1.807) is 0 Å². The second-order valence-corrected chi connectivity index (χ2v) is 4.45. The summed E-state index contributed by atoms with van der Waals surface area (Å²) < 4.78 is 1.20. The number of rotatable bonds is 3. The minimum absolute atomic E-state index is 0.626. The summed E-state index contributed by atoms with van der Waals surface area (Å²) in [6.07, 6.45) is 1.22. The van der Waals surface area contributed by atoms with Crippen molar-refractivity contribution in [2.75, 3.05) is 4.43 Å². The van der Waals surface area contributed by atoms with Crippen molar-refractivity contribution < 1.29 is 0 Å². The van der Waals surface area contributed by atoms with Gasteiger partial charge in [-0.05, 0) is 30.0 Å². The zero-order chi connectivity index (χ0) is 8.97. The molecule has 0 fully saturated rings. The van der Waals surface area contributed by atoms with Crippen LogP contribution >= 0.6 is 34.2 Å². The molecular weight excluding hydrogens is 282 g/mol. The number of hydrogen-bond donors (Lipinski definition) is 0. The number of alkyl halides is 1. The van der Waals surface area contributed by atoms with E-state index in [0.717, 1.165) is 5.02 Å². The Morgan fingerprint density at radius 3 is 2.83 bits per heavy atom. The quantitative estimate of drug-likeness (QED) is 0.577. The summed E-state index contributed by atoms with van der Waals surface area (Å²) in [5, 5.41) is 0.841. The van der Waals surface area contributed by atoms with Crippen LogP contribution in [0.2, 0.25) is 5.02 Å². The van der Waals surface area contributed by atoms with E-state index in [-0.39, 0.29) is 0 Å². The predicted octanol–water partition coefficient (Wildman–Crippen LogP) is 4.27. The van der Waals surface area contributed by atoms with Gasteiger partial charge >= 0.3 is 0 Å². The van der Waals surface area contributed by atoms with Crippen LogP contribution in [0.5, 0.6) is 0 Å². The Labute approximate surface area is 92.5 Å². The summed E-state index contributed by atoms with van der Waals surface area (Å²) in [4.78, 5) is 0. The molecule has 66 valence electrons. The van der Waals surface area contributed by atoms with Gasteiger partial charge in [0.15, 0.2) is 0 Å². The maximum atomic E-state index is 5.89. The van der Waals surface area contributed by atoms with Gasteiger partial charge in [0.2, 0.25) is 0 Å². The van der Waals surface area contributed by atoms with Crippen molar-refractivity contribution in [3.05, 3.63) is 34.9 Å². The van der Waals surface area contributed by atoms with Gasteiger partial charge in [0.05, 0.1) is 0 Å². The van der Waals surface area contributed by atoms with Gasteiger partial charge in [0.1, 0.15) is 0 Å². The van der Waals surface area contributed by atoms with Crippen LogP contribution in [0, 0.1) is 0 Å². The van der Waals surface area contributed by atoms with Gasteiger partial charge in [-0.3, -0.25) is 0 Å². The van der Waals surface area contributed by atoms with E-state index >= 15 is 0 Å². The highest BCUT2D eigenvalue weighted by molar-refractivity contribution is 14.1. The molecule has 0 radical (unpaired) electrons. The first kappa shape index (κ1) is 10.3. The molecule has 0 nitrogen and oxygen atoms in total. The number of halogens is 2. The van der Waals surface area contributed by atoms with Crippen molar-refractivity contribution in [2.24, 2.45) is 0 Å². The Kier molecular flexibility index (Phi) is 4.36. The third-order valence-corrected chi connectivity index (χ3v) is 2.82.